The third-order valence-corrected chi connectivity index (χ3v) is 3.37. The number of hydrogen-bond donors (Lipinski definition) is 6. The van der Waals surface area contributed by atoms with Crippen molar-refractivity contribution in [3.05, 3.63) is 10.4 Å². The molecule has 1 fully saturated rings. The van der Waals surface area contributed by atoms with Crippen molar-refractivity contribution in [1.29, 1.82) is 0 Å². The summed E-state index contributed by atoms with van der Waals surface area (Å²) in [5, 5.41) is 28.9. The highest BCUT2D eigenvalue weighted by Crippen LogP contribution is 2.32. The minimum atomic E-state index is -1.37. The Hall–Kier alpha value is -2.21. The van der Waals surface area contributed by atoms with Crippen LogP contribution in [0.15, 0.2) is 4.79 Å². The van der Waals surface area contributed by atoms with E-state index in [1.807, 2.05) is 0 Å². The predicted molar refractivity (Wildman–Crippen MR) is 70.0 cm³/mol. The lowest BCUT2D eigenvalue weighted by Crippen LogP contribution is -2.33. The zero-order valence-electron chi connectivity index (χ0n) is 10.7. The Morgan fingerprint density at radius 2 is 2.00 bits per heavy atom. The fraction of sp³-hybridized carbons (Fsp3) is 0.500. The largest absolute Gasteiger partial charge is 0.394 e. The van der Waals surface area contributed by atoms with Crippen LogP contribution < -0.4 is 17.0 Å². The SMILES string of the molecule is Nc1nc2c(nc(N)n2C2OC(CO)C(O)C2O)c(=O)[nH]1. The number of aliphatic hydroxyl groups excluding tert-OH is 3. The second kappa shape index (κ2) is 4.66. The van der Waals surface area contributed by atoms with Crippen molar-refractivity contribution in [2.75, 3.05) is 18.1 Å². The molecule has 0 aliphatic carbocycles. The molecular formula is C10H14N6O5. The van der Waals surface area contributed by atoms with Crippen molar-refractivity contribution in [1.82, 2.24) is 19.5 Å². The van der Waals surface area contributed by atoms with E-state index in [1.54, 1.807) is 0 Å². The van der Waals surface area contributed by atoms with Gasteiger partial charge < -0.3 is 31.5 Å². The van der Waals surface area contributed by atoms with E-state index >= 15 is 0 Å². The first-order valence-electron chi connectivity index (χ1n) is 6.09. The van der Waals surface area contributed by atoms with Crippen molar-refractivity contribution < 1.29 is 20.1 Å². The molecule has 11 heteroatoms. The number of nitrogen functional groups attached to an aromatic ring is 2. The highest BCUT2D eigenvalue weighted by atomic mass is 16.6. The summed E-state index contributed by atoms with van der Waals surface area (Å²) < 4.78 is 6.51. The van der Waals surface area contributed by atoms with E-state index in [0.717, 1.165) is 4.57 Å². The van der Waals surface area contributed by atoms with Gasteiger partial charge in [0.15, 0.2) is 17.4 Å². The predicted octanol–water partition coefficient (Wildman–Crippen LogP) is -3.10. The molecule has 1 saturated heterocycles. The molecule has 114 valence electrons. The van der Waals surface area contributed by atoms with Crippen molar-refractivity contribution in [3.8, 4) is 0 Å². The summed E-state index contributed by atoms with van der Waals surface area (Å²) in [6, 6.07) is 0. The van der Waals surface area contributed by atoms with Gasteiger partial charge in [-0.15, -0.1) is 0 Å². The fourth-order valence-electron chi connectivity index (χ4n) is 2.36. The van der Waals surface area contributed by atoms with E-state index in [-0.39, 0.29) is 23.1 Å². The van der Waals surface area contributed by atoms with E-state index in [2.05, 4.69) is 15.0 Å². The molecule has 3 rings (SSSR count). The number of aromatic amines is 1. The van der Waals surface area contributed by atoms with Crippen LogP contribution in [0.1, 0.15) is 6.23 Å². The van der Waals surface area contributed by atoms with Crippen molar-refractivity contribution in [2.45, 2.75) is 24.5 Å². The highest BCUT2D eigenvalue weighted by molar-refractivity contribution is 5.74. The molecule has 2 aromatic heterocycles. The maximum absolute atomic E-state index is 11.7. The van der Waals surface area contributed by atoms with Gasteiger partial charge in [-0.1, -0.05) is 0 Å². The smallest absolute Gasteiger partial charge is 0.280 e. The van der Waals surface area contributed by atoms with Gasteiger partial charge in [0, 0.05) is 0 Å². The minimum Gasteiger partial charge on any atom is -0.394 e. The summed E-state index contributed by atoms with van der Waals surface area (Å²) in [4.78, 5) is 21.8. The van der Waals surface area contributed by atoms with Crippen LogP contribution in [0.3, 0.4) is 0 Å². The molecule has 0 radical (unpaired) electrons. The normalized spacial score (nSPS) is 29.3. The minimum absolute atomic E-state index is 0.0172. The zero-order valence-corrected chi connectivity index (χ0v) is 10.7. The van der Waals surface area contributed by atoms with E-state index < -0.39 is 36.7 Å². The molecule has 11 nitrogen and oxygen atoms in total. The van der Waals surface area contributed by atoms with Crippen LogP contribution in [0.2, 0.25) is 0 Å². The first kappa shape index (κ1) is 13.8. The maximum Gasteiger partial charge on any atom is 0.280 e. The number of ether oxygens (including phenoxy) is 1. The van der Waals surface area contributed by atoms with Crippen LogP contribution in [0, 0.1) is 0 Å². The lowest BCUT2D eigenvalue weighted by molar-refractivity contribution is -0.0500. The second-order valence-electron chi connectivity index (χ2n) is 4.69. The maximum atomic E-state index is 11.7. The van der Waals surface area contributed by atoms with Crippen molar-refractivity contribution >= 4 is 23.1 Å². The second-order valence-corrected chi connectivity index (χ2v) is 4.69. The molecule has 0 amide bonds. The number of aromatic nitrogens is 4. The number of aliphatic hydroxyl groups is 3. The monoisotopic (exact) mass is 298 g/mol. The molecular weight excluding hydrogens is 284 g/mol. The average molecular weight is 298 g/mol. The van der Waals surface area contributed by atoms with Crippen LogP contribution in [0.4, 0.5) is 11.9 Å². The Morgan fingerprint density at radius 3 is 2.62 bits per heavy atom. The van der Waals surface area contributed by atoms with Crippen molar-refractivity contribution in [3.63, 3.8) is 0 Å². The number of imidazole rings is 1. The number of nitrogens with one attached hydrogen (secondary N) is 1. The lowest BCUT2D eigenvalue weighted by atomic mass is 10.1. The molecule has 3 heterocycles. The summed E-state index contributed by atoms with van der Waals surface area (Å²) in [5.74, 6) is -0.288. The van der Waals surface area contributed by atoms with Gasteiger partial charge in [-0.3, -0.25) is 14.3 Å². The highest BCUT2D eigenvalue weighted by Gasteiger charge is 2.44. The molecule has 1 aliphatic rings. The molecule has 0 saturated carbocycles. The number of nitrogens with zero attached hydrogens (tertiary/aromatic N) is 3. The van der Waals surface area contributed by atoms with Gasteiger partial charge in [-0.2, -0.15) is 4.98 Å². The number of nitrogens with two attached hydrogens (primary N) is 2. The Labute approximate surface area is 116 Å². The van der Waals surface area contributed by atoms with Crippen LogP contribution >= 0.6 is 0 Å². The molecule has 8 N–H and O–H groups in total. The van der Waals surface area contributed by atoms with Gasteiger partial charge in [0.1, 0.15) is 18.3 Å². The molecule has 0 aromatic carbocycles. The van der Waals surface area contributed by atoms with Crippen molar-refractivity contribution in [2.24, 2.45) is 0 Å². The van der Waals surface area contributed by atoms with Gasteiger partial charge in [-0.05, 0) is 0 Å². The molecule has 1 aliphatic heterocycles. The number of fused-ring (bicyclic) bond motifs is 1. The van der Waals surface area contributed by atoms with E-state index in [9.17, 15) is 15.0 Å². The first-order chi connectivity index (χ1) is 9.93. The van der Waals surface area contributed by atoms with Gasteiger partial charge >= 0.3 is 0 Å². The van der Waals surface area contributed by atoms with Crippen LogP contribution in [-0.2, 0) is 4.74 Å². The van der Waals surface area contributed by atoms with E-state index in [0.29, 0.717) is 0 Å². The zero-order chi connectivity index (χ0) is 15.3. The standard InChI is InChI=1S/C10H14N6O5/c11-9-14-6-3(7(20)15-9)13-10(12)16(6)8-5(19)4(18)2(1-17)21-8/h2,4-5,8,17-19H,1H2,(H2,12,13)(H3,11,14,15,20). The van der Waals surface area contributed by atoms with Gasteiger partial charge in [0.2, 0.25) is 11.9 Å². The molecule has 21 heavy (non-hydrogen) atoms. The Kier molecular flexibility index (Phi) is 3.06. The molecule has 2 aromatic rings. The number of rotatable bonds is 2. The first-order valence-corrected chi connectivity index (χ1v) is 6.09. The topological polar surface area (TPSA) is 186 Å². The summed E-state index contributed by atoms with van der Waals surface area (Å²) in [6.07, 6.45) is -4.81. The lowest BCUT2D eigenvalue weighted by Gasteiger charge is -2.17. The fourth-order valence-corrected chi connectivity index (χ4v) is 2.36. The average Bonchev–Trinajstić information content (AvgIpc) is 2.89. The van der Waals surface area contributed by atoms with E-state index in [1.165, 1.54) is 0 Å². The molecule has 0 spiro atoms. The summed E-state index contributed by atoms with van der Waals surface area (Å²) >= 11 is 0. The number of anilines is 2. The Bertz CT molecular complexity index is 741. The molecule has 4 atom stereocenters. The van der Waals surface area contributed by atoms with E-state index in [4.69, 9.17) is 21.3 Å². The quantitative estimate of drug-likeness (QED) is 0.334. The summed E-state index contributed by atoms with van der Waals surface area (Å²) in [7, 11) is 0. The van der Waals surface area contributed by atoms with Crippen LogP contribution in [0.25, 0.3) is 11.2 Å². The molecule has 0 bridgehead atoms. The van der Waals surface area contributed by atoms with Crippen LogP contribution in [0.5, 0.6) is 0 Å². The Balaban J connectivity index is 2.17. The third-order valence-electron chi connectivity index (χ3n) is 3.37. The number of H-pyrrole nitrogens is 1. The molecule has 4 unspecified atom stereocenters. The van der Waals surface area contributed by atoms with Gasteiger partial charge in [0.05, 0.1) is 6.61 Å². The van der Waals surface area contributed by atoms with Gasteiger partial charge in [0.25, 0.3) is 5.56 Å². The van der Waals surface area contributed by atoms with Crippen LogP contribution in [-0.4, -0.2) is 59.8 Å². The third kappa shape index (κ3) is 1.94. The summed E-state index contributed by atoms with van der Waals surface area (Å²) in [5.41, 5.74) is 10.6. The Morgan fingerprint density at radius 1 is 1.29 bits per heavy atom. The number of hydrogen-bond acceptors (Lipinski definition) is 9. The van der Waals surface area contributed by atoms with Gasteiger partial charge in [-0.25, -0.2) is 4.98 Å². The summed E-state index contributed by atoms with van der Waals surface area (Å²) in [6.45, 7) is -0.489.